The first-order valence-electron chi connectivity index (χ1n) is 9.81. The SMILES string of the molecule is COc1ccc(NC(=O)c2nnc3n2CC2CN(C(=O)c4ccoc4)CC2C3)cc1. The summed E-state index contributed by atoms with van der Waals surface area (Å²) < 4.78 is 12.1. The van der Waals surface area contributed by atoms with Crippen LogP contribution in [0.15, 0.2) is 47.3 Å². The van der Waals surface area contributed by atoms with Crippen molar-refractivity contribution >= 4 is 17.5 Å². The molecule has 2 aliphatic heterocycles. The summed E-state index contributed by atoms with van der Waals surface area (Å²) in [6, 6.07) is 8.79. The third kappa shape index (κ3) is 3.22. The summed E-state index contributed by atoms with van der Waals surface area (Å²) in [6.07, 6.45) is 3.68. The van der Waals surface area contributed by atoms with Gasteiger partial charge in [0.25, 0.3) is 11.8 Å². The Bertz CT molecular complexity index is 1070. The van der Waals surface area contributed by atoms with E-state index in [0.717, 1.165) is 11.6 Å². The first kappa shape index (κ1) is 18.4. The van der Waals surface area contributed by atoms with Gasteiger partial charge in [-0.1, -0.05) is 0 Å². The molecule has 0 spiro atoms. The molecule has 9 heteroatoms. The van der Waals surface area contributed by atoms with Gasteiger partial charge in [-0.2, -0.15) is 0 Å². The molecule has 1 aromatic carbocycles. The maximum absolute atomic E-state index is 12.8. The minimum absolute atomic E-state index is 0.0219. The average molecular weight is 407 g/mol. The lowest BCUT2D eigenvalue weighted by Gasteiger charge is -2.25. The number of likely N-dealkylation sites (tertiary alicyclic amines) is 1. The molecule has 0 bridgehead atoms. The minimum atomic E-state index is -0.304. The van der Waals surface area contributed by atoms with Crippen molar-refractivity contribution in [3.05, 3.63) is 60.1 Å². The van der Waals surface area contributed by atoms with Crippen LogP contribution in [-0.2, 0) is 13.0 Å². The second-order valence-corrected chi connectivity index (χ2v) is 7.68. The van der Waals surface area contributed by atoms with Crippen LogP contribution in [0.1, 0.15) is 26.8 Å². The van der Waals surface area contributed by atoms with Crippen molar-refractivity contribution in [1.82, 2.24) is 19.7 Å². The van der Waals surface area contributed by atoms with E-state index in [1.165, 1.54) is 12.5 Å². The minimum Gasteiger partial charge on any atom is -0.497 e. The number of carbonyl (C=O) groups is 2. The van der Waals surface area contributed by atoms with Crippen molar-refractivity contribution in [1.29, 1.82) is 0 Å². The van der Waals surface area contributed by atoms with Gasteiger partial charge in [0, 0.05) is 31.7 Å². The third-order valence-electron chi connectivity index (χ3n) is 5.87. The first-order valence-corrected chi connectivity index (χ1v) is 9.81. The number of aromatic nitrogens is 3. The molecule has 1 saturated heterocycles. The molecule has 2 aromatic heterocycles. The highest BCUT2D eigenvalue weighted by molar-refractivity contribution is 6.01. The summed E-state index contributed by atoms with van der Waals surface area (Å²) in [7, 11) is 1.59. The van der Waals surface area contributed by atoms with Crippen molar-refractivity contribution in [3.8, 4) is 5.75 Å². The second-order valence-electron chi connectivity index (χ2n) is 7.68. The summed E-state index contributed by atoms with van der Waals surface area (Å²) in [6.45, 7) is 1.94. The number of fused-ring (bicyclic) bond motifs is 2. The molecule has 30 heavy (non-hydrogen) atoms. The van der Waals surface area contributed by atoms with Crippen molar-refractivity contribution in [3.63, 3.8) is 0 Å². The second kappa shape index (κ2) is 7.33. The van der Waals surface area contributed by atoms with Gasteiger partial charge in [0.1, 0.15) is 17.8 Å². The predicted octanol–water partition coefficient (Wildman–Crippen LogP) is 2.08. The maximum Gasteiger partial charge on any atom is 0.293 e. The van der Waals surface area contributed by atoms with E-state index in [2.05, 4.69) is 15.5 Å². The largest absolute Gasteiger partial charge is 0.497 e. The molecule has 0 aliphatic carbocycles. The first-order chi connectivity index (χ1) is 14.6. The molecule has 0 radical (unpaired) electrons. The molecule has 2 aliphatic rings. The van der Waals surface area contributed by atoms with Crippen LogP contribution in [0.3, 0.4) is 0 Å². The van der Waals surface area contributed by atoms with Gasteiger partial charge in [-0.3, -0.25) is 9.59 Å². The Balaban J connectivity index is 1.29. The molecule has 3 aromatic rings. The molecule has 1 fully saturated rings. The van der Waals surface area contributed by atoms with Crippen LogP contribution >= 0.6 is 0 Å². The van der Waals surface area contributed by atoms with E-state index in [4.69, 9.17) is 9.15 Å². The summed E-state index contributed by atoms with van der Waals surface area (Å²) in [5.74, 6) is 2.04. The van der Waals surface area contributed by atoms with Gasteiger partial charge in [-0.25, -0.2) is 0 Å². The highest BCUT2D eigenvalue weighted by Crippen LogP contribution is 2.33. The molecule has 1 N–H and O–H groups in total. The maximum atomic E-state index is 12.8. The highest BCUT2D eigenvalue weighted by atomic mass is 16.5. The monoisotopic (exact) mass is 407 g/mol. The summed E-state index contributed by atoms with van der Waals surface area (Å²) in [5, 5.41) is 11.2. The lowest BCUT2D eigenvalue weighted by molar-refractivity contribution is 0.0782. The Morgan fingerprint density at radius 3 is 2.63 bits per heavy atom. The topological polar surface area (TPSA) is 102 Å². The van der Waals surface area contributed by atoms with Crippen LogP contribution < -0.4 is 10.1 Å². The van der Waals surface area contributed by atoms with Gasteiger partial charge in [0.2, 0.25) is 5.82 Å². The molecule has 4 heterocycles. The van der Waals surface area contributed by atoms with Crippen molar-refractivity contribution in [2.45, 2.75) is 13.0 Å². The van der Waals surface area contributed by atoms with Crippen LogP contribution in [0.5, 0.6) is 5.75 Å². The van der Waals surface area contributed by atoms with Crippen molar-refractivity contribution in [2.24, 2.45) is 11.8 Å². The van der Waals surface area contributed by atoms with E-state index in [1.807, 2.05) is 9.47 Å². The Morgan fingerprint density at radius 2 is 1.90 bits per heavy atom. The summed E-state index contributed by atoms with van der Waals surface area (Å²) in [4.78, 5) is 27.3. The van der Waals surface area contributed by atoms with Gasteiger partial charge in [0.15, 0.2) is 0 Å². The number of furan rings is 1. The molecule has 154 valence electrons. The Labute approximate surface area is 172 Å². The van der Waals surface area contributed by atoms with Crippen molar-refractivity contribution in [2.75, 3.05) is 25.5 Å². The van der Waals surface area contributed by atoms with E-state index >= 15 is 0 Å². The lowest BCUT2D eigenvalue weighted by atomic mass is 9.89. The predicted molar refractivity (Wildman–Crippen MR) is 106 cm³/mol. The van der Waals surface area contributed by atoms with Gasteiger partial charge in [-0.15, -0.1) is 10.2 Å². The number of hydrogen-bond acceptors (Lipinski definition) is 6. The zero-order valence-corrected chi connectivity index (χ0v) is 16.4. The number of benzene rings is 1. The number of ether oxygens (including phenoxy) is 1. The smallest absolute Gasteiger partial charge is 0.293 e. The van der Waals surface area contributed by atoms with Gasteiger partial charge >= 0.3 is 0 Å². The van der Waals surface area contributed by atoms with Crippen LogP contribution in [0.2, 0.25) is 0 Å². The fourth-order valence-electron chi connectivity index (χ4n) is 4.29. The van der Waals surface area contributed by atoms with Gasteiger partial charge in [0.05, 0.1) is 18.9 Å². The molecule has 9 nitrogen and oxygen atoms in total. The van der Waals surface area contributed by atoms with Crippen molar-refractivity contribution < 1.29 is 18.7 Å². The van der Waals surface area contributed by atoms with Crippen LogP contribution in [-0.4, -0.2) is 51.7 Å². The van der Waals surface area contributed by atoms with Crippen LogP contribution in [0.25, 0.3) is 0 Å². The number of amides is 2. The molecule has 2 unspecified atom stereocenters. The molecule has 2 amide bonds. The summed E-state index contributed by atoms with van der Waals surface area (Å²) in [5.41, 5.74) is 1.22. The fourth-order valence-corrected chi connectivity index (χ4v) is 4.29. The van der Waals surface area contributed by atoms with E-state index < -0.39 is 0 Å². The van der Waals surface area contributed by atoms with Gasteiger partial charge in [-0.05, 0) is 42.2 Å². The zero-order chi connectivity index (χ0) is 20.7. The Hall–Kier alpha value is -3.62. The zero-order valence-electron chi connectivity index (χ0n) is 16.4. The number of rotatable bonds is 4. The molecular formula is C21H21N5O4. The summed E-state index contributed by atoms with van der Waals surface area (Å²) >= 11 is 0. The van der Waals surface area contributed by atoms with E-state index in [0.29, 0.717) is 49.0 Å². The molecule has 2 atom stereocenters. The van der Waals surface area contributed by atoms with Crippen LogP contribution in [0, 0.1) is 11.8 Å². The number of methoxy groups -OCH3 is 1. The van der Waals surface area contributed by atoms with E-state index in [-0.39, 0.29) is 17.7 Å². The number of anilines is 1. The third-order valence-corrected chi connectivity index (χ3v) is 5.87. The lowest BCUT2D eigenvalue weighted by Crippen LogP contribution is -2.31. The number of hydrogen-bond donors (Lipinski definition) is 1. The number of nitrogens with zero attached hydrogens (tertiary/aromatic N) is 4. The van der Waals surface area contributed by atoms with E-state index in [1.54, 1.807) is 37.4 Å². The quantitative estimate of drug-likeness (QED) is 0.710. The Morgan fingerprint density at radius 1 is 1.10 bits per heavy atom. The normalized spacial score (nSPS) is 19.8. The Kier molecular flexibility index (Phi) is 4.50. The van der Waals surface area contributed by atoms with Crippen LogP contribution in [0.4, 0.5) is 5.69 Å². The molecule has 5 rings (SSSR count). The standard InChI is InChI=1S/C21H21N5O4/c1-29-17-4-2-16(3-5-17)22-20(27)19-24-23-18-8-14-9-25(10-15(14)11-26(18)19)21(28)13-6-7-30-12-13/h2-7,12,14-15H,8-11H2,1H3,(H,22,27). The average Bonchev–Trinajstić information content (AvgIpc) is 3.51. The fraction of sp³-hybridized carbons (Fsp3) is 0.333. The molecule has 0 saturated carbocycles. The van der Waals surface area contributed by atoms with Gasteiger partial charge < -0.3 is 23.9 Å². The number of nitrogens with one attached hydrogen (secondary N) is 1. The highest BCUT2D eigenvalue weighted by Gasteiger charge is 2.41. The van der Waals surface area contributed by atoms with E-state index in [9.17, 15) is 9.59 Å². The number of carbonyl (C=O) groups excluding carboxylic acids is 2. The molecular weight excluding hydrogens is 386 g/mol.